The molecule has 3 rings (SSSR count). The van der Waals surface area contributed by atoms with Crippen LogP contribution >= 0.6 is 15.9 Å². The van der Waals surface area contributed by atoms with E-state index >= 15 is 0 Å². The molecular formula is C20H15BrN2O4. The summed E-state index contributed by atoms with van der Waals surface area (Å²) in [7, 11) is 1.49. The predicted molar refractivity (Wildman–Crippen MR) is 105 cm³/mol. The number of nitrogens with one attached hydrogen (secondary N) is 1. The second-order valence-electron chi connectivity index (χ2n) is 5.49. The van der Waals surface area contributed by atoms with Crippen LogP contribution in [-0.2, 0) is 9.59 Å². The van der Waals surface area contributed by atoms with Crippen molar-refractivity contribution < 1.29 is 19.1 Å². The van der Waals surface area contributed by atoms with Crippen LogP contribution in [0, 0.1) is 12.3 Å². The van der Waals surface area contributed by atoms with Crippen molar-refractivity contribution in [3.63, 3.8) is 0 Å². The normalized spacial score (nSPS) is 14.9. The van der Waals surface area contributed by atoms with Crippen LogP contribution in [-0.4, -0.2) is 25.5 Å². The monoisotopic (exact) mass is 426 g/mol. The van der Waals surface area contributed by atoms with Gasteiger partial charge >= 0.3 is 0 Å². The lowest BCUT2D eigenvalue weighted by molar-refractivity contribution is -0.117. The van der Waals surface area contributed by atoms with Gasteiger partial charge in [-0.3, -0.25) is 15.0 Å². The van der Waals surface area contributed by atoms with Crippen molar-refractivity contribution in [3.8, 4) is 23.8 Å². The molecule has 1 aliphatic rings. The van der Waals surface area contributed by atoms with Crippen LogP contribution in [0.15, 0.2) is 52.5 Å². The Labute approximate surface area is 164 Å². The number of rotatable bonds is 5. The first-order chi connectivity index (χ1) is 13.0. The van der Waals surface area contributed by atoms with Crippen molar-refractivity contribution >= 4 is 39.5 Å². The van der Waals surface area contributed by atoms with E-state index in [0.717, 1.165) is 0 Å². The molecule has 2 aromatic rings. The topological polar surface area (TPSA) is 67.9 Å². The summed E-state index contributed by atoms with van der Waals surface area (Å²) < 4.78 is 11.4. The molecule has 1 saturated heterocycles. The Morgan fingerprint density at radius 2 is 1.96 bits per heavy atom. The first kappa shape index (κ1) is 18.5. The van der Waals surface area contributed by atoms with Crippen LogP contribution in [0.4, 0.5) is 5.69 Å². The van der Waals surface area contributed by atoms with Gasteiger partial charge in [-0.15, -0.1) is 6.42 Å². The number of para-hydroxylation sites is 1. The second-order valence-corrected chi connectivity index (χ2v) is 6.35. The summed E-state index contributed by atoms with van der Waals surface area (Å²) in [5.41, 5.74) is 3.74. The Morgan fingerprint density at radius 1 is 1.22 bits per heavy atom. The van der Waals surface area contributed by atoms with Crippen LogP contribution in [0.3, 0.4) is 0 Å². The van der Waals surface area contributed by atoms with E-state index in [2.05, 4.69) is 27.3 Å². The molecule has 1 fully saturated rings. The molecule has 0 radical (unpaired) electrons. The molecule has 0 saturated carbocycles. The van der Waals surface area contributed by atoms with Crippen LogP contribution in [0.25, 0.3) is 6.08 Å². The average molecular weight is 427 g/mol. The molecule has 1 heterocycles. The molecule has 1 aliphatic heterocycles. The average Bonchev–Trinajstić information content (AvgIpc) is 2.96. The van der Waals surface area contributed by atoms with Gasteiger partial charge < -0.3 is 9.47 Å². The minimum atomic E-state index is -0.484. The lowest BCUT2D eigenvalue weighted by Gasteiger charge is -2.14. The Kier molecular flexibility index (Phi) is 5.48. The highest BCUT2D eigenvalue weighted by Crippen LogP contribution is 2.35. The van der Waals surface area contributed by atoms with Crippen LogP contribution < -0.4 is 19.9 Å². The standard InChI is InChI=1S/C20H15BrN2O4/c1-3-9-27-18-12-16(21)13(11-17(18)26-2)10-15-19(24)22-23(20(15)25)14-7-5-4-6-8-14/h1,4-8,10-12H,9H2,2H3,(H,22,24). The minimum absolute atomic E-state index is 0.0129. The highest BCUT2D eigenvalue weighted by Gasteiger charge is 2.34. The van der Waals surface area contributed by atoms with Crippen molar-refractivity contribution in [2.45, 2.75) is 0 Å². The van der Waals surface area contributed by atoms with Gasteiger partial charge in [0, 0.05) is 4.47 Å². The van der Waals surface area contributed by atoms with Gasteiger partial charge in [-0.1, -0.05) is 40.0 Å². The third-order valence-electron chi connectivity index (χ3n) is 3.80. The molecule has 7 heteroatoms. The summed E-state index contributed by atoms with van der Waals surface area (Å²) in [6.07, 6.45) is 6.71. The van der Waals surface area contributed by atoms with Gasteiger partial charge in [-0.2, -0.15) is 0 Å². The number of terminal acetylenes is 1. The molecule has 2 aromatic carbocycles. The summed E-state index contributed by atoms with van der Waals surface area (Å²) in [6.45, 7) is 0.0934. The van der Waals surface area contributed by atoms with Gasteiger partial charge in [0.05, 0.1) is 12.8 Å². The van der Waals surface area contributed by atoms with Crippen molar-refractivity contribution in [2.75, 3.05) is 18.7 Å². The number of ether oxygens (including phenoxy) is 2. The van der Waals surface area contributed by atoms with E-state index in [-0.39, 0.29) is 12.2 Å². The van der Waals surface area contributed by atoms with E-state index in [4.69, 9.17) is 15.9 Å². The number of nitrogens with zero attached hydrogens (tertiary/aromatic N) is 1. The quantitative estimate of drug-likeness (QED) is 0.453. The number of benzene rings is 2. The first-order valence-corrected chi connectivity index (χ1v) is 8.70. The molecule has 0 unspecified atom stereocenters. The van der Waals surface area contributed by atoms with E-state index in [1.54, 1.807) is 36.4 Å². The molecular weight excluding hydrogens is 412 g/mol. The number of methoxy groups -OCH3 is 1. The summed E-state index contributed by atoms with van der Waals surface area (Å²) in [6, 6.07) is 12.2. The number of carbonyl (C=O) groups is 2. The third-order valence-corrected chi connectivity index (χ3v) is 4.49. The van der Waals surface area contributed by atoms with Gasteiger partial charge in [-0.05, 0) is 35.9 Å². The van der Waals surface area contributed by atoms with Crippen molar-refractivity contribution in [1.82, 2.24) is 5.43 Å². The molecule has 6 nitrogen and oxygen atoms in total. The molecule has 0 aliphatic carbocycles. The Morgan fingerprint density at radius 3 is 2.63 bits per heavy atom. The highest BCUT2D eigenvalue weighted by molar-refractivity contribution is 9.10. The predicted octanol–water partition coefficient (Wildman–Crippen LogP) is 2.93. The number of hydrogen-bond donors (Lipinski definition) is 1. The van der Waals surface area contributed by atoms with Crippen LogP contribution in [0.1, 0.15) is 5.56 Å². The fourth-order valence-corrected chi connectivity index (χ4v) is 2.96. The summed E-state index contributed by atoms with van der Waals surface area (Å²) in [4.78, 5) is 25.0. The molecule has 0 bridgehead atoms. The zero-order valence-electron chi connectivity index (χ0n) is 14.4. The number of anilines is 1. The zero-order valence-corrected chi connectivity index (χ0v) is 15.9. The second kappa shape index (κ2) is 7.98. The molecule has 1 N–H and O–H groups in total. The van der Waals surface area contributed by atoms with E-state index < -0.39 is 11.8 Å². The molecule has 0 spiro atoms. The smallest absolute Gasteiger partial charge is 0.282 e. The molecule has 2 amide bonds. The van der Waals surface area contributed by atoms with E-state index in [1.807, 2.05) is 6.07 Å². The maximum atomic E-state index is 12.7. The number of hydrogen-bond acceptors (Lipinski definition) is 4. The number of carbonyl (C=O) groups excluding carboxylic acids is 2. The van der Waals surface area contributed by atoms with E-state index in [0.29, 0.717) is 27.2 Å². The molecule has 136 valence electrons. The molecule has 27 heavy (non-hydrogen) atoms. The Hall–Kier alpha value is -3.24. The minimum Gasteiger partial charge on any atom is -0.493 e. The Bertz CT molecular complexity index is 964. The van der Waals surface area contributed by atoms with Crippen molar-refractivity contribution in [3.05, 3.63) is 58.1 Å². The maximum Gasteiger partial charge on any atom is 0.282 e. The van der Waals surface area contributed by atoms with Gasteiger partial charge in [-0.25, -0.2) is 5.01 Å². The van der Waals surface area contributed by atoms with Gasteiger partial charge in [0.2, 0.25) is 0 Å². The van der Waals surface area contributed by atoms with Crippen LogP contribution in [0.2, 0.25) is 0 Å². The lowest BCUT2D eigenvalue weighted by atomic mass is 10.1. The molecule has 0 atom stereocenters. The SMILES string of the molecule is C#CCOc1cc(Br)c(C=C2C(=O)NN(c3ccccc3)C2=O)cc1OC. The Balaban J connectivity index is 1.95. The van der Waals surface area contributed by atoms with Crippen molar-refractivity contribution in [2.24, 2.45) is 0 Å². The van der Waals surface area contributed by atoms with Gasteiger partial charge in [0.1, 0.15) is 12.2 Å². The maximum absolute atomic E-state index is 12.7. The summed E-state index contributed by atoms with van der Waals surface area (Å²) in [5.74, 6) is 2.35. The third kappa shape index (κ3) is 3.81. The molecule has 0 aromatic heterocycles. The zero-order chi connectivity index (χ0) is 19.4. The number of hydrazine groups is 1. The van der Waals surface area contributed by atoms with Crippen molar-refractivity contribution in [1.29, 1.82) is 0 Å². The van der Waals surface area contributed by atoms with E-state index in [1.165, 1.54) is 18.2 Å². The summed E-state index contributed by atoms with van der Waals surface area (Å²) >= 11 is 3.42. The first-order valence-electron chi connectivity index (χ1n) is 7.91. The van der Waals surface area contributed by atoms with Gasteiger partial charge in [0.25, 0.3) is 11.8 Å². The largest absolute Gasteiger partial charge is 0.493 e. The summed E-state index contributed by atoms with van der Waals surface area (Å²) in [5, 5.41) is 1.21. The van der Waals surface area contributed by atoms with Crippen LogP contribution in [0.5, 0.6) is 11.5 Å². The highest BCUT2D eigenvalue weighted by atomic mass is 79.9. The van der Waals surface area contributed by atoms with E-state index in [9.17, 15) is 9.59 Å². The fourth-order valence-electron chi connectivity index (χ4n) is 2.52. The fraction of sp³-hybridized carbons (Fsp3) is 0.100. The van der Waals surface area contributed by atoms with Gasteiger partial charge in [0.15, 0.2) is 11.5 Å². The lowest BCUT2D eigenvalue weighted by Crippen LogP contribution is -2.35. The number of amides is 2. The number of halogens is 1.